The second kappa shape index (κ2) is 11.0. The lowest BCUT2D eigenvalue weighted by Gasteiger charge is -2.36. The highest BCUT2D eigenvalue weighted by molar-refractivity contribution is 5.98. The quantitative estimate of drug-likeness (QED) is 0.545. The van der Waals surface area contributed by atoms with Gasteiger partial charge in [0.05, 0.1) is 12.8 Å². The molecular weight excluding hydrogens is 442 g/mol. The normalized spacial score (nSPS) is 14.9. The van der Waals surface area contributed by atoms with Crippen molar-refractivity contribution >= 4 is 17.7 Å². The highest BCUT2D eigenvalue weighted by atomic mass is 16.3. The lowest BCUT2D eigenvalue weighted by Crippen LogP contribution is -2.53. The molecule has 1 atom stereocenters. The summed E-state index contributed by atoms with van der Waals surface area (Å²) >= 11 is 0. The number of piperidine rings is 1. The van der Waals surface area contributed by atoms with Crippen LogP contribution in [0.2, 0.25) is 0 Å². The van der Waals surface area contributed by atoms with Crippen molar-refractivity contribution in [2.75, 3.05) is 13.1 Å². The molecule has 182 valence electrons. The fraction of sp³-hybridized carbons (Fsp3) is 0.321. The van der Waals surface area contributed by atoms with Crippen molar-refractivity contribution in [3.8, 4) is 0 Å². The molecule has 2 N–H and O–H groups in total. The summed E-state index contributed by atoms with van der Waals surface area (Å²) in [5.74, 6) is -0.00616. The van der Waals surface area contributed by atoms with Gasteiger partial charge in [0.15, 0.2) is 0 Å². The zero-order valence-electron chi connectivity index (χ0n) is 20.1. The van der Waals surface area contributed by atoms with E-state index in [4.69, 9.17) is 4.42 Å². The lowest BCUT2D eigenvalue weighted by atomic mass is 9.88. The Labute approximate surface area is 205 Å². The van der Waals surface area contributed by atoms with E-state index in [-0.39, 0.29) is 30.2 Å². The number of amides is 3. The molecule has 0 radical (unpaired) electrons. The van der Waals surface area contributed by atoms with Gasteiger partial charge in [-0.2, -0.15) is 0 Å². The van der Waals surface area contributed by atoms with Gasteiger partial charge < -0.3 is 20.0 Å². The van der Waals surface area contributed by atoms with Gasteiger partial charge in [0, 0.05) is 24.2 Å². The summed E-state index contributed by atoms with van der Waals surface area (Å²) in [6.07, 6.45) is 2.79. The van der Waals surface area contributed by atoms with Crippen LogP contribution in [0.3, 0.4) is 0 Å². The minimum Gasteiger partial charge on any atom is -0.467 e. The van der Waals surface area contributed by atoms with Crippen LogP contribution in [0, 0.1) is 19.8 Å². The van der Waals surface area contributed by atoms with Gasteiger partial charge in [-0.15, -0.1) is 0 Å². The molecule has 1 aliphatic rings. The molecule has 1 aromatic heterocycles. The number of hydrogen-bond donors (Lipinski definition) is 2. The van der Waals surface area contributed by atoms with Crippen molar-refractivity contribution < 1.29 is 18.8 Å². The third-order valence-electron chi connectivity index (χ3n) is 6.43. The second-order valence-electron chi connectivity index (χ2n) is 9.12. The molecule has 7 heteroatoms. The number of hydrogen-bond acceptors (Lipinski definition) is 4. The van der Waals surface area contributed by atoms with E-state index in [1.807, 2.05) is 55.1 Å². The molecule has 0 aliphatic carbocycles. The van der Waals surface area contributed by atoms with Crippen LogP contribution in [0.5, 0.6) is 0 Å². The van der Waals surface area contributed by atoms with Crippen molar-refractivity contribution in [2.45, 2.75) is 39.3 Å². The molecule has 7 nitrogen and oxygen atoms in total. The van der Waals surface area contributed by atoms with E-state index in [1.165, 1.54) is 0 Å². The Morgan fingerprint density at radius 1 is 0.943 bits per heavy atom. The van der Waals surface area contributed by atoms with Gasteiger partial charge in [0.1, 0.15) is 11.8 Å². The van der Waals surface area contributed by atoms with Gasteiger partial charge in [-0.3, -0.25) is 14.4 Å². The fourth-order valence-corrected chi connectivity index (χ4v) is 4.50. The Hall–Kier alpha value is -3.87. The molecule has 0 bridgehead atoms. The molecule has 0 saturated carbocycles. The van der Waals surface area contributed by atoms with Crippen LogP contribution in [0.4, 0.5) is 0 Å². The van der Waals surface area contributed by atoms with E-state index in [1.54, 1.807) is 30.5 Å². The number of aryl methyl sites for hydroxylation is 2. The fourth-order valence-electron chi connectivity index (χ4n) is 4.50. The van der Waals surface area contributed by atoms with E-state index in [9.17, 15) is 14.4 Å². The lowest BCUT2D eigenvalue weighted by molar-refractivity contribution is -0.124. The summed E-state index contributed by atoms with van der Waals surface area (Å²) in [5.41, 5.74) is 3.20. The number of nitrogens with one attached hydrogen (secondary N) is 2. The maximum atomic E-state index is 13.2. The minimum atomic E-state index is -0.714. The predicted molar refractivity (Wildman–Crippen MR) is 133 cm³/mol. The Morgan fingerprint density at radius 2 is 1.60 bits per heavy atom. The SMILES string of the molecule is Cc1cccc(C(=O)N[C@@H](C(=O)NCc2ccco2)C2CCN(C(=O)c3cccc(C)c3)CC2)c1. The monoisotopic (exact) mass is 473 g/mol. The van der Waals surface area contributed by atoms with Gasteiger partial charge in [0.2, 0.25) is 5.91 Å². The first-order valence-corrected chi connectivity index (χ1v) is 11.9. The molecular formula is C28H31N3O4. The first-order valence-electron chi connectivity index (χ1n) is 11.9. The van der Waals surface area contributed by atoms with Crippen molar-refractivity contribution in [2.24, 2.45) is 5.92 Å². The molecule has 3 aromatic rings. The summed E-state index contributed by atoms with van der Waals surface area (Å²) in [7, 11) is 0. The van der Waals surface area contributed by atoms with E-state index in [0.717, 1.165) is 11.1 Å². The van der Waals surface area contributed by atoms with E-state index >= 15 is 0 Å². The number of carbonyl (C=O) groups is 3. The maximum Gasteiger partial charge on any atom is 0.253 e. The Morgan fingerprint density at radius 3 is 2.23 bits per heavy atom. The zero-order valence-corrected chi connectivity index (χ0v) is 20.1. The molecule has 1 fully saturated rings. The number of carbonyl (C=O) groups excluding carboxylic acids is 3. The van der Waals surface area contributed by atoms with E-state index < -0.39 is 6.04 Å². The molecule has 0 unspecified atom stereocenters. The smallest absolute Gasteiger partial charge is 0.253 e. The van der Waals surface area contributed by atoms with Crippen LogP contribution in [0.1, 0.15) is 50.4 Å². The number of furan rings is 1. The Bertz CT molecular complexity index is 1180. The topological polar surface area (TPSA) is 91.7 Å². The molecule has 3 amide bonds. The van der Waals surface area contributed by atoms with E-state index in [2.05, 4.69) is 10.6 Å². The van der Waals surface area contributed by atoms with Crippen LogP contribution >= 0.6 is 0 Å². The first kappa shape index (κ1) is 24.3. The molecule has 35 heavy (non-hydrogen) atoms. The Kier molecular flexibility index (Phi) is 7.65. The van der Waals surface area contributed by atoms with Gasteiger partial charge in [-0.25, -0.2) is 0 Å². The maximum absolute atomic E-state index is 13.2. The third kappa shape index (κ3) is 6.18. The summed E-state index contributed by atoms with van der Waals surface area (Å²) in [4.78, 5) is 41.0. The highest BCUT2D eigenvalue weighted by Gasteiger charge is 2.34. The molecule has 1 aliphatic heterocycles. The number of nitrogens with zero attached hydrogens (tertiary/aromatic N) is 1. The highest BCUT2D eigenvalue weighted by Crippen LogP contribution is 2.23. The van der Waals surface area contributed by atoms with Crippen LogP contribution < -0.4 is 10.6 Å². The average molecular weight is 474 g/mol. The number of rotatable bonds is 7. The summed E-state index contributed by atoms with van der Waals surface area (Å²) in [5, 5.41) is 5.85. The minimum absolute atomic E-state index is 0.00485. The molecule has 4 rings (SSSR count). The van der Waals surface area contributed by atoms with Crippen LogP contribution in [0.15, 0.2) is 71.3 Å². The van der Waals surface area contributed by atoms with Crippen molar-refractivity contribution in [3.63, 3.8) is 0 Å². The summed E-state index contributed by atoms with van der Waals surface area (Å²) in [6, 6.07) is 17.7. The van der Waals surface area contributed by atoms with Crippen molar-refractivity contribution in [1.82, 2.24) is 15.5 Å². The predicted octanol–water partition coefficient (Wildman–Crippen LogP) is 3.86. The molecule has 1 saturated heterocycles. The molecule has 2 aromatic carbocycles. The van der Waals surface area contributed by atoms with Crippen LogP contribution in [0.25, 0.3) is 0 Å². The van der Waals surface area contributed by atoms with Gasteiger partial charge in [-0.1, -0.05) is 35.4 Å². The standard InChI is InChI=1S/C28H31N3O4/c1-19-6-3-8-22(16-19)26(32)30-25(27(33)29-18-24-10-5-15-35-24)21-11-13-31(14-12-21)28(34)23-9-4-7-20(2)17-23/h3-10,15-17,21,25H,11-14,18H2,1-2H3,(H,29,33)(H,30,32)/t25-/m1/s1. The number of likely N-dealkylation sites (tertiary alicyclic amines) is 1. The van der Waals surface area contributed by atoms with Gasteiger partial charge >= 0.3 is 0 Å². The average Bonchev–Trinajstić information content (AvgIpc) is 3.39. The van der Waals surface area contributed by atoms with Crippen LogP contribution in [-0.2, 0) is 11.3 Å². The second-order valence-corrected chi connectivity index (χ2v) is 9.12. The summed E-state index contributed by atoms with van der Waals surface area (Å²) < 4.78 is 5.32. The van der Waals surface area contributed by atoms with Gasteiger partial charge in [0.25, 0.3) is 11.8 Å². The first-order chi connectivity index (χ1) is 16.9. The zero-order chi connectivity index (χ0) is 24.8. The summed E-state index contributed by atoms with van der Waals surface area (Å²) in [6.45, 7) is 5.18. The molecule has 2 heterocycles. The Balaban J connectivity index is 1.44. The van der Waals surface area contributed by atoms with E-state index in [0.29, 0.717) is 42.8 Å². The third-order valence-corrected chi connectivity index (χ3v) is 6.43. The van der Waals surface area contributed by atoms with Gasteiger partial charge in [-0.05, 0) is 69.0 Å². The van der Waals surface area contributed by atoms with Crippen LogP contribution in [-0.4, -0.2) is 41.8 Å². The van der Waals surface area contributed by atoms with Crippen molar-refractivity contribution in [3.05, 3.63) is 94.9 Å². The number of benzene rings is 2. The molecule has 0 spiro atoms. The van der Waals surface area contributed by atoms with Crippen molar-refractivity contribution in [1.29, 1.82) is 0 Å². The largest absolute Gasteiger partial charge is 0.467 e.